The molecule has 1 N–H and O–H groups in total. The van der Waals surface area contributed by atoms with Crippen molar-refractivity contribution in [3.63, 3.8) is 0 Å². The van der Waals surface area contributed by atoms with Crippen LogP contribution < -0.4 is 0 Å². The van der Waals surface area contributed by atoms with E-state index in [1.54, 1.807) is 20.8 Å². The smallest absolute Gasteiger partial charge is 0.345 e. The van der Waals surface area contributed by atoms with Gasteiger partial charge in [0.2, 0.25) is 0 Å². The zero-order valence-electron chi connectivity index (χ0n) is 14.6. The normalized spacial score (nSPS) is 13.1. The third-order valence-corrected chi connectivity index (χ3v) is 6.59. The molecule has 0 spiro atoms. The fraction of sp³-hybridized carbons (Fsp3) is 0.471. The second kappa shape index (κ2) is 8.99. The Balaban J connectivity index is 2.42. The maximum absolute atomic E-state index is 13.2. The Kier molecular flexibility index (Phi) is 7.25. The van der Waals surface area contributed by atoms with E-state index in [0.29, 0.717) is 0 Å². The Hall–Kier alpha value is -1.14. The first-order valence-electron chi connectivity index (χ1n) is 8.26. The number of carbonyl (C=O) groups is 1. The minimum Gasteiger partial charge on any atom is -0.465 e. The SMILES string of the molecule is CCOC(=O)C(Cc1c[nH]c2ccc(Br)cc12)P(=O)(OCC)OCC. The van der Waals surface area contributed by atoms with Gasteiger partial charge in [0.05, 0.1) is 19.8 Å². The molecule has 2 aromatic rings. The predicted octanol–water partition coefficient (Wildman–Crippen LogP) is 4.67. The highest BCUT2D eigenvalue weighted by atomic mass is 79.9. The second-order valence-electron chi connectivity index (χ2n) is 5.35. The van der Waals surface area contributed by atoms with Crippen LogP contribution in [0.15, 0.2) is 28.9 Å². The minimum atomic E-state index is -3.65. The van der Waals surface area contributed by atoms with Gasteiger partial charge in [0, 0.05) is 21.6 Å². The lowest BCUT2D eigenvalue weighted by Crippen LogP contribution is -2.28. The molecule has 0 aliphatic heterocycles. The molecule has 0 bridgehead atoms. The van der Waals surface area contributed by atoms with Crippen molar-refractivity contribution in [1.82, 2.24) is 4.98 Å². The molecule has 1 heterocycles. The molecule has 0 saturated heterocycles. The van der Waals surface area contributed by atoms with Crippen molar-refractivity contribution < 1.29 is 23.1 Å². The predicted molar refractivity (Wildman–Crippen MR) is 101 cm³/mol. The van der Waals surface area contributed by atoms with Gasteiger partial charge in [-0.05, 0) is 51.0 Å². The molecule has 1 atom stereocenters. The van der Waals surface area contributed by atoms with Crippen LogP contribution in [-0.2, 0) is 29.6 Å². The first kappa shape index (κ1) is 20.2. The maximum Gasteiger partial charge on any atom is 0.345 e. The van der Waals surface area contributed by atoms with E-state index in [4.69, 9.17) is 13.8 Å². The third kappa shape index (κ3) is 4.73. The number of aromatic amines is 1. The van der Waals surface area contributed by atoms with Gasteiger partial charge in [-0.2, -0.15) is 0 Å². The summed E-state index contributed by atoms with van der Waals surface area (Å²) in [5, 5.41) is 0.947. The van der Waals surface area contributed by atoms with Crippen molar-refractivity contribution in [1.29, 1.82) is 0 Å². The van der Waals surface area contributed by atoms with Gasteiger partial charge in [-0.1, -0.05) is 15.9 Å². The Labute approximate surface area is 155 Å². The minimum absolute atomic E-state index is 0.187. The standard InChI is InChI=1S/C17H23BrNO5P/c1-4-22-17(20)16(25(21,23-5-2)24-6-3)9-12-11-19-15-8-7-13(18)10-14(12)15/h7-8,10-11,16,19H,4-6,9H2,1-3H3. The Bertz CT molecular complexity index is 765. The molecule has 1 aromatic heterocycles. The summed E-state index contributed by atoms with van der Waals surface area (Å²) in [5.41, 5.74) is 0.780. The number of benzene rings is 1. The van der Waals surface area contributed by atoms with E-state index < -0.39 is 19.2 Å². The number of hydrogen-bond acceptors (Lipinski definition) is 5. The molecule has 0 aliphatic rings. The number of esters is 1. The van der Waals surface area contributed by atoms with E-state index in [-0.39, 0.29) is 26.2 Å². The summed E-state index contributed by atoms with van der Waals surface area (Å²) in [6.07, 6.45) is 2.01. The van der Waals surface area contributed by atoms with Gasteiger partial charge < -0.3 is 18.8 Å². The summed E-state index contributed by atoms with van der Waals surface area (Å²) in [5.74, 6) is -0.572. The fourth-order valence-corrected chi connectivity index (χ4v) is 4.94. The lowest BCUT2D eigenvalue weighted by atomic mass is 10.1. The number of H-pyrrole nitrogens is 1. The first-order valence-corrected chi connectivity index (χ1v) is 10.7. The molecule has 0 amide bonds. The van der Waals surface area contributed by atoms with Crippen molar-refractivity contribution in [2.45, 2.75) is 32.9 Å². The number of fused-ring (bicyclic) bond motifs is 1. The molecule has 8 heteroatoms. The van der Waals surface area contributed by atoms with Crippen molar-refractivity contribution in [2.75, 3.05) is 19.8 Å². The summed E-state index contributed by atoms with van der Waals surface area (Å²) in [6, 6.07) is 5.82. The third-order valence-electron chi connectivity index (χ3n) is 3.70. The zero-order valence-corrected chi connectivity index (χ0v) is 17.1. The van der Waals surface area contributed by atoms with Gasteiger partial charge in [-0.15, -0.1) is 0 Å². The van der Waals surface area contributed by atoms with Crippen LogP contribution in [0.4, 0.5) is 0 Å². The van der Waals surface area contributed by atoms with Crippen LogP contribution in [0.2, 0.25) is 0 Å². The van der Waals surface area contributed by atoms with E-state index >= 15 is 0 Å². The summed E-state index contributed by atoms with van der Waals surface area (Å²) >= 11 is 3.45. The average Bonchev–Trinajstić information content (AvgIpc) is 2.95. The van der Waals surface area contributed by atoms with Crippen molar-refractivity contribution in [2.24, 2.45) is 0 Å². The fourth-order valence-electron chi connectivity index (χ4n) is 2.67. The van der Waals surface area contributed by atoms with Crippen LogP contribution in [0.5, 0.6) is 0 Å². The number of hydrogen-bond donors (Lipinski definition) is 1. The van der Waals surface area contributed by atoms with Crippen molar-refractivity contribution in [3.05, 3.63) is 34.4 Å². The number of carbonyl (C=O) groups excluding carboxylic acids is 1. The molecule has 25 heavy (non-hydrogen) atoms. The molecule has 0 radical (unpaired) electrons. The van der Waals surface area contributed by atoms with Gasteiger partial charge >= 0.3 is 13.6 Å². The molecular formula is C17H23BrNO5P. The quantitative estimate of drug-likeness (QED) is 0.460. The average molecular weight is 432 g/mol. The summed E-state index contributed by atoms with van der Waals surface area (Å²) < 4.78 is 30.0. The lowest BCUT2D eigenvalue weighted by molar-refractivity contribution is -0.143. The molecule has 1 aromatic carbocycles. The second-order valence-corrected chi connectivity index (χ2v) is 8.49. The first-order chi connectivity index (χ1) is 11.9. The van der Waals surface area contributed by atoms with E-state index in [0.717, 1.165) is 20.9 Å². The highest BCUT2D eigenvalue weighted by molar-refractivity contribution is 9.10. The Morgan fingerprint density at radius 3 is 2.48 bits per heavy atom. The molecule has 2 rings (SSSR count). The maximum atomic E-state index is 13.2. The Morgan fingerprint density at radius 1 is 1.20 bits per heavy atom. The van der Waals surface area contributed by atoms with Crippen LogP contribution in [-0.4, -0.2) is 36.4 Å². The van der Waals surface area contributed by atoms with Crippen molar-refractivity contribution >= 4 is 40.4 Å². The lowest BCUT2D eigenvalue weighted by Gasteiger charge is -2.24. The largest absolute Gasteiger partial charge is 0.465 e. The summed E-state index contributed by atoms with van der Waals surface area (Å²) in [7, 11) is -3.65. The van der Waals surface area contributed by atoms with Crippen LogP contribution >= 0.6 is 23.5 Å². The van der Waals surface area contributed by atoms with Crippen LogP contribution in [0.3, 0.4) is 0 Å². The number of halogens is 1. The van der Waals surface area contributed by atoms with E-state index in [1.807, 2.05) is 24.4 Å². The molecule has 0 saturated carbocycles. The van der Waals surface area contributed by atoms with Crippen molar-refractivity contribution in [3.8, 4) is 0 Å². The molecule has 138 valence electrons. The highest BCUT2D eigenvalue weighted by Gasteiger charge is 2.42. The summed E-state index contributed by atoms with van der Waals surface area (Å²) in [4.78, 5) is 15.7. The molecule has 0 fully saturated rings. The van der Waals surface area contributed by atoms with Crippen LogP contribution in [0.1, 0.15) is 26.3 Å². The highest BCUT2D eigenvalue weighted by Crippen LogP contribution is 2.54. The number of nitrogens with one attached hydrogen (secondary N) is 1. The topological polar surface area (TPSA) is 77.6 Å². The molecular weight excluding hydrogens is 409 g/mol. The number of aromatic nitrogens is 1. The molecule has 6 nitrogen and oxygen atoms in total. The Morgan fingerprint density at radius 2 is 1.88 bits per heavy atom. The van der Waals surface area contributed by atoms with Crippen LogP contribution in [0.25, 0.3) is 10.9 Å². The number of rotatable bonds is 9. The van der Waals surface area contributed by atoms with E-state index in [9.17, 15) is 9.36 Å². The van der Waals surface area contributed by atoms with E-state index in [1.165, 1.54) is 0 Å². The monoisotopic (exact) mass is 431 g/mol. The molecule has 0 aliphatic carbocycles. The number of ether oxygens (including phenoxy) is 1. The zero-order chi connectivity index (χ0) is 18.4. The van der Waals surface area contributed by atoms with Gasteiger partial charge in [-0.3, -0.25) is 9.36 Å². The van der Waals surface area contributed by atoms with Gasteiger partial charge in [0.1, 0.15) is 0 Å². The van der Waals surface area contributed by atoms with Gasteiger partial charge in [-0.25, -0.2) is 0 Å². The van der Waals surface area contributed by atoms with Crippen LogP contribution in [0, 0.1) is 0 Å². The van der Waals surface area contributed by atoms with E-state index in [2.05, 4.69) is 20.9 Å². The van der Waals surface area contributed by atoms with Gasteiger partial charge in [0.15, 0.2) is 5.66 Å². The summed E-state index contributed by atoms with van der Waals surface area (Å²) in [6.45, 7) is 5.73. The van der Waals surface area contributed by atoms with Gasteiger partial charge in [0.25, 0.3) is 0 Å². The molecule has 1 unspecified atom stereocenters.